The maximum atomic E-state index is 12.8. The molecule has 0 saturated carbocycles. The van der Waals surface area contributed by atoms with Crippen LogP contribution in [0.15, 0.2) is 47.4 Å². The minimum absolute atomic E-state index is 0.0290. The first kappa shape index (κ1) is 22.7. The quantitative estimate of drug-likeness (QED) is 0.555. The summed E-state index contributed by atoms with van der Waals surface area (Å²) < 4.78 is 41.8. The van der Waals surface area contributed by atoms with Gasteiger partial charge in [0.2, 0.25) is 0 Å². The summed E-state index contributed by atoms with van der Waals surface area (Å²) in [6.07, 6.45) is -3.69. The molecular weight excluding hydrogens is 466 g/mol. The fraction of sp³-hybridized carbons (Fsp3) is 0.333. The molecule has 0 atom stereocenters. The zero-order valence-corrected chi connectivity index (χ0v) is 18.6. The highest BCUT2D eigenvalue weighted by Gasteiger charge is 2.32. The Hall–Kier alpha value is -2.49. The standard InChI is InChI=1S/C21H20Cl2F3N5O/c1-28-17(18(23)20(32)31(28)15-5-3-2-4-6-15)13-29-7-9-30(10-8-29)19-16(22)11-14(12-27-19)21(24,25)26/h2-6,11-12H,7-10,13H2,1H3. The molecule has 2 aromatic heterocycles. The van der Waals surface area contributed by atoms with Crippen molar-refractivity contribution in [2.45, 2.75) is 12.7 Å². The van der Waals surface area contributed by atoms with E-state index in [2.05, 4.69) is 9.88 Å². The highest BCUT2D eigenvalue weighted by atomic mass is 35.5. The lowest BCUT2D eigenvalue weighted by molar-refractivity contribution is -0.137. The van der Waals surface area contributed by atoms with Gasteiger partial charge in [-0.3, -0.25) is 14.4 Å². The molecule has 0 unspecified atom stereocenters. The molecule has 0 bridgehead atoms. The molecule has 170 valence electrons. The van der Waals surface area contributed by atoms with Gasteiger partial charge in [-0.2, -0.15) is 13.2 Å². The van der Waals surface area contributed by atoms with Crippen molar-refractivity contribution in [3.63, 3.8) is 0 Å². The van der Waals surface area contributed by atoms with Crippen LogP contribution in [0, 0.1) is 0 Å². The zero-order valence-electron chi connectivity index (χ0n) is 17.1. The zero-order chi connectivity index (χ0) is 23.0. The van der Waals surface area contributed by atoms with Gasteiger partial charge in [0, 0.05) is 46.0 Å². The highest BCUT2D eigenvalue weighted by molar-refractivity contribution is 6.33. The first-order valence-corrected chi connectivity index (χ1v) is 10.6. The molecule has 3 heterocycles. The molecule has 0 amide bonds. The second kappa shape index (κ2) is 8.80. The van der Waals surface area contributed by atoms with Crippen LogP contribution < -0.4 is 10.5 Å². The summed E-state index contributed by atoms with van der Waals surface area (Å²) in [5, 5.41) is 0.143. The lowest BCUT2D eigenvalue weighted by atomic mass is 10.2. The average Bonchev–Trinajstić information content (AvgIpc) is 2.97. The van der Waals surface area contributed by atoms with E-state index < -0.39 is 11.7 Å². The molecule has 1 fully saturated rings. The highest BCUT2D eigenvalue weighted by Crippen LogP contribution is 2.33. The smallest absolute Gasteiger partial charge is 0.353 e. The van der Waals surface area contributed by atoms with Crippen LogP contribution in [-0.4, -0.2) is 45.4 Å². The van der Waals surface area contributed by atoms with Crippen molar-refractivity contribution in [2.75, 3.05) is 31.1 Å². The van der Waals surface area contributed by atoms with Crippen LogP contribution in [0.4, 0.5) is 19.0 Å². The van der Waals surface area contributed by atoms with Gasteiger partial charge in [-0.1, -0.05) is 41.4 Å². The third kappa shape index (κ3) is 4.37. The second-order valence-corrected chi connectivity index (χ2v) is 8.31. The van der Waals surface area contributed by atoms with Crippen molar-refractivity contribution in [1.29, 1.82) is 0 Å². The number of halogens is 5. The normalized spacial score (nSPS) is 15.4. The fourth-order valence-electron chi connectivity index (χ4n) is 3.79. The van der Waals surface area contributed by atoms with Gasteiger partial charge >= 0.3 is 6.18 Å². The van der Waals surface area contributed by atoms with Crippen LogP contribution in [0.5, 0.6) is 0 Å². The molecule has 0 aliphatic carbocycles. The molecule has 1 saturated heterocycles. The molecule has 6 nitrogen and oxygen atoms in total. The summed E-state index contributed by atoms with van der Waals surface area (Å²) in [7, 11) is 1.79. The number of aromatic nitrogens is 3. The van der Waals surface area contributed by atoms with Crippen LogP contribution in [0.2, 0.25) is 10.0 Å². The summed E-state index contributed by atoms with van der Waals surface area (Å²) in [5.41, 5.74) is 0.263. The Balaban J connectivity index is 1.47. The third-order valence-electron chi connectivity index (χ3n) is 5.52. The van der Waals surface area contributed by atoms with Gasteiger partial charge in [-0.15, -0.1) is 0 Å². The second-order valence-electron chi connectivity index (χ2n) is 7.53. The summed E-state index contributed by atoms with van der Waals surface area (Å²) in [5.74, 6) is 0.333. The number of hydrogen-bond donors (Lipinski definition) is 0. The minimum atomic E-state index is -4.49. The maximum absolute atomic E-state index is 12.8. The van der Waals surface area contributed by atoms with Gasteiger partial charge in [-0.25, -0.2) is 9.67 Å². The number of nitrogens with zero attached hydrogens (tertiary/aromatic N) is 5. The number of hydrogen-bond acceptors (Lipinski definition) is 4. The summed E-state index contributed by atoms with van der Waals surface area (Å²) in [6.45, 7) is 2.75. The van der Waals surface area contributed by atoms with Gasteiger partial charge < -0.3 is 4.90 Å². The maximum Gasteiger partial charge on any atom is 0.417 e. The van der Waals surface area contributed by atoms with Gasteiger partial charge in [-0.05, 0) is 18.2 Å². The number of piperazine rings is 1. The van der Waals surface area contributed by atoms with E-state index in [0.29, 0.717) is 44.2 Å². The minimum Gasteiger partial charge on any atom is -0.353 e. The fourth-order valence-corrected chi connectivity index (χ4v) is 4.34. The van der Waals surface area contributed by atoms with E-state index in [9.17, 15) is 18.0 Å². The molecule has 0 radical (unpaired) electrons. The van der Waals surface area contributed by atoms with E-state index in [4.69, 9.17) is 23.2 Å². The third-order valence-corrected chi connectivity index (χ3v) is 6.18. The molecule has 1 aliphatic heterocycles. The first-order valence-electron chi connectivity index (χ1n) is 9.88. The molecule has 1 aliphatic rings. The van der Waals surface area contributed by atoms with E-state index in [1.54, 1.807) is 11.7 Å². The SMILES string of the molecule is Cn1c(CN2CCN(c3ncc(C(F)(F)F)cc3Cl)CC2)c(Cl)c(=O)n1-c1ccccc1. The van der Waals surface area contributed by atoms with Gasteiger partial charge in [0.15, 0.2) is 0 Å². The van der Waals surface area contributed by atoms with Crippen molar-refractivity contribution < 1.29 is 13.2 Å². The molecule has 11 heteroatoms. The molecular formula is C21H20Cl2F3N5O. The lowest BCUT2D eigenvalue weighted by Gasteiger charge is -2.35. The summed E-state index contributed by atoms with van der Waals surface area (Å²) in [4.78, 5) is 20.6. The van der Waals surface area contributed by atoms with Gasteiger partial charge in [0.1, 0.15) is 10.8 Å². The van der Waals surface area contributed by atoms with Crippen molar-refractivity contribution in [2.24, 2.45) is 7.05 Å². The molecule has 0 N–H and O–H groups in total. The van der Waals surface area contributed by atoms with Crippen molar-refractivity contribution in [3.8, 4) is 5.69 Å². The van der Waals surface area contributed by atoms with Crippen LogP contribution in [0.25, 0.3) is 5.69 Å². The Morgan fingerprint density at radius 1 is 1.06 bits per heavy atom. The van der Waals surface area contributed by atoms with Gasteiger partial charge in [0.05, 0.1) is 22.0 Å². The molecule has 4 rings (SSSR count). The Morgan fingerprint density at radius 3 is 2.31 bits per heavy atom. The average molecular weight is 486 g/mol. The van der Waals surface area contributed by atoms with E-state index in [1.807, 2.05) is 35.2 Å². The van der Waals surface area contributed by atoms with E-state index in [1.165, 1.54) is 4.68 Å². The van der Waals surface area contributed by atoms with Crippen LogP contribution in [-0.2, 0) is 19.8 Å². The predicted octanol–water partition coefficient (Wildman–Crippen LogP) is 4.22. The Morgan fingerprint density at radius 2 is 1.72 bits per heavy atom. The topological polar surface area (TPSA) is 46.3 Å². The molecule has 3 aromatic rings. The lowest BCUT2D eigenvalue weighted by Crippen LogP contribution is -2.46. The Labute approximate surface area is 192 Å². The Bertz CT molecular complexity index is 1170. The van der Waals surface area contributed by atoms with Gasteiger partial charge in [0.25, 0.3) is 5.56 Å². The predicted molar refractivity (Wildman–Crippen MR) is 118 cm³/mol. The van der Waals surface area contributed by atoms with Crippen LogP contribution in [0.3, 0.4) is 0 Å². The number of pyridine rings is 1. The van der Waals surface area contributed by atoms with Crippen molar-refractivity contribution >= 4 is 29.0 Å². The van der Waals surface area contributed by atoms with Crippen LogP contribution >= 0.6 is 23.2 Å². The first-order chi connectivity index (χ1) is 15.2. The van der Waals surface area contributed by atoms with Crippen molar-refractivity contribution in [1.82, 2.24) is 19.2 Å². The molecule has 1 aromatic carbocycles. The summed E-state index contributed by atoms with van der Waals surface area (Å²) in [6, 6.07) is 10.1. The number of para-hydroxylation sites is 1. The van der Waals surface area contributed by atoms with E-state index >= 15 is 0 Å². The summed E-state index contributed by atoms with van der Waals surface area (Å²) >= 11 is 12.5. The number of rotatable bonds is 4. The molecule has 0 spiro atoms. The molecule has 32 heavy (non-hydrogen) atoms. The van der Waals surface area contributed by atoms with E-state index in [0.717, 1.165) is 18.0 Å². The monoisotopic (exact) mass is 485 g/mol. The number of alkyl halides is 3. The number of anilines is 1. The van der Waals surface area contributed by atoms with E-state index in [-0.39, 0.29) is 15.6 Å². The van der Waals surface area contributed by atoms with Crippen molar-refractivity contribution in [3.05, 3.63) is 74.3 Å². The Kier molecular flexibility index (Phi) is 6.24. The van der Waals surface area contributed by atoms with Crippen LogP contribution in [0.1, 0.15) is 11.3 Å². The largest absolute Gasteiger partial charge is 0.417 e. The number of benzene rings is 1.